The molecule has 2 aliphatic rings. The Morgan fingerprint density at radius 2 is 1.58 bits per heavy atom. The van der Waals surface area contributed by atoms with Crippen LogP contribution >= 0.6 is 0 Å². The fourth-order valence-corrected chi connectivity index (χ4v) is 2.10. The maximum Gasteiger partial charge on any atom is 0.532 e. The second-order valence-corrected chi connectivity index (χ2v) is 5.90. The number of rotatable bonds is 2. The van der Waals surface area contributed by atoms with Crippen molar-refractivity contribution in [2.45, 2.75) is 45.2 Å². The largest absolute Gasteiger partial charge is 0.532 e. The molecule has 104 valence electrons. The van der Waals surface area contributed by atoms with Gasteiger partial charge in [-0.15, -0.1) is 0 Å². The molecule has 2 fully saturated rings. The summed E-state index contributed by atoms with van der Waals surface area (Å²) in [7, 11) is -0.486. The molecule has 2 aliphatic heterocycles. The summed E-state index contributed by atoms with van der Waals surface area (Å²) in [5.41, 5.74) is -0.0941. The summed E-state index contributed by atoms with van der Waals surface area (Å²) in [5.74, 6) is 0.655. The monoisotopic (exact) mass is 266 g/mol. The summed E-state index contributed by atoms with van der Waals surface area (Å²) in [6.07, 6.45) is -0.406. The molecule has 6 heteroatoms. The van der Waals surface area contributed by atoms with Crippen molar-refractivity contribution < 1.29 is 23.2 Å². The van der Waals surface area contributed by atoms with Gasteiger partial charge in [-0.25, -0.2) is 0 Å². The highest BCUT2D eigenvalue weighted by atomic mass is 16.7. The quantitative estimate of drug-likeness (QED) is 0.761. The first-order valence-electron chi connectivity index (χ1n) is 6.57. The summed E-state index contributed by atoms with van der Waals surface area (Å²) in [4.78, 5) is 0. The summed E-state index contributed by atoms with van der Waals surface area (Å²) < 4.78 is 28.4. The summed E-state index contributed by atoms with van der Waals surface area (Å²) in [6.45, 7) is 9.24. The van der Waals surface area contributed by atoms with Crippen LogP contribution in [-0.4, -0.2) is 31.5 Å². The predicted octanol–water partition coefficient (Wildman–Crippen LogP) is 1.62. The average molecular weight is 266 g/mol. The first kappa shape index (κ1) is 13.2. The van der Waals surface area contributed by atoms with E-state index in [-0.39, 0.29) is 11.2 Å². The fourth-order valence-electron chi connectivity index (χ4n) is 2.10. The molecule has 2 saturated heterocycles. The Bertz CT molecular complexity index is 445. The van der Waals surface area contributed by atoms with Crippen molar-refractivity contribution in [2.75, 3.05) is 13.2 Å². The number of furan rings is 1. The second-order valence-electron chi connectivity index (χ2n) is 5.90. The van der Waals surface area contributed by atoms with Gasteiger partial charge in [0, 0.05) is 0 Å². The van der Waals surface area contributed by atoms with E-state index < -0.39 is 13.4 Å². The average Bonchev–Trinajstić information content (AvgIpc) is 3.00. The van der Waals surface area contributed by atoms with Crippen LogP contribution in [0.1, 0.15) is 39.7 Å². The molecule has 0 bridgehead atoms. The molecule has 0 amide bonds. The van der Waals surface area contributed by atoms with E-state index in [9.17, 15) is 0 Å². The van der Waals surface area contributed by atoms with Gasteiger partial charge in [0.2, 0.25) is 6.29 Å². The Balaban J connectivity index is 1.77. The van der Waals surface area contributed by atoms with Crippen molar-refractivity contribution in [2.24, 2.45) is 0 Å². The van der Waals surface area contributed by atoms with Crippen molar-refractivity contribution in [3.63, 3.8) is 0 Å². The van der Waals surface area contributed by atoms with Crippen LogP contribution in [0, 0.1) is 0 Å². The lowest BCUT2D eigenvalue weighted by molar-refractivity contribution is -0.0583. The number of ether oxygens (including phenoxy) is 2. The summed E-state index contributed by atoms with van der Waals surface area (Å²) in [6, 6.07) is 3.69. The Kier molecular flexibility index (Phi) is 3.01. The normalized spacial score (nSPS) is 26.2. The number of hydrogen-bond donors (Lipinski definition) is 0. The van der Waals surface area contributed by atoms with Crippen molar-refractivity contribution >= 4 is 12.8 Å². The maximum absolute atomic E-state index is 5.93. The zero-order chi connectivity index (χ0) is 13.7. The molecular formula is C13H19BO5. The van der Waals surface area contributed by atoms with Crippen molar-refractivity contribution in [3.05, 3.63) is 17.9 Å². The molecule has 0 radical (unpaired) electrons. The molecule has 5 nitrogen and oxygen atoms in total. The van der Waals surface area contributed by atoms with Gasteiger partial charge in [-0.1, -0.05) is 0 Å². The first-order chi connectivity index (χ1) is 8.89. The van der Waals surface area contributed by atoms with Gasteiger partial charge in [0.25, 0.3) is 0 Å². The third kappa shape index (κ3) is 2.23. The van der Waals surface area contributed by atoms with Crippen LogP contribution in [0.2, 0.25) is 0 Å². The molecule has 1 aromatic rings. The molecule has 3 rings (SSSR count). The lowest BCUT2D eigenvalue weighted by atomic mass is 9.86. The molecule has 0 unspecified atom stereocenters. The van der Waals surface area contributed by atoms with E-state index in [2.05, 4.69) is 0 Å². The second kappa shape index (κ2) is 4.35. The summed E-state index contributed by atoms with van der Waals surface area (Å²) >= 11 is 0. The number of hydrogen-bond acceptors (Lipinski definition) is 5. The predicted molar refractivity (Wildman–Crippen MR) is 69.1 cm³/mol. The van der Waals surface area contributed by atoms with E-state index in [1.165, 1.54) is 0 Å². The van der Waals surface area contributed by atoms with Crippen LogP contribution in [0.15, 0.2) is 16.5 Å². The van der Waals surface area contributed by atoms with Gasteiger partial charge in [0.05, 0.1) is 24.4 Å². The van der Waals surface area contributed by atoms with Gasteiger partial charge in [-0.05, 0) is 39.8 Å². The van der Waals surface area contributed by atoms with E-state index in [1.54, 1.807) is 0 Å². The molecule has 0 saturated carbocycles. The minimum Gasteiger partial charge on any atom is -0.464 e. The smallest absolute Gasteiger partial charge is 0.464 e. The minimum atomic E-state index is -0.486. The molecule has 3 heterocycles. The molecule has 1 aromatic heterocycles. The Morgan fingerprint density at radius 3 is 2.16 bits per heavy atom. The lowest BCUT2D eigenvalue weighted by Gasteiger charge is -2.32. The van der Waals surface area contributed by atoms with Gasteiger partial charge in [0.15, 0.2) is 5.76 Å². The van der Waals surface area contributed by atoms with Crippen LogP contribution in [0.4, 0.5) is 0 Å². The third-order valence-electron chi connectivity index (χ3n) is 3.99. The van der Waals surface area contributed by atoms with Crippen LogP contribution in [0.25, 0.3) is 0 Å². The van der Waals surface area contributed by atoms with Crippen molar-refractivity contribution in [1.29, 1.82) is 0 Å². The molecule has 0 N–H and O–H groups in total. The highest BCUT2D eigenvalue weighted by Crippen LogP contribution is 2.36. The van der Waals surface area contributed by atoms with Gasteiger partial charge in [-0.3, -0.25) is 0 Å². The van der Waals surface area contributed by atoms with E-state index in [1.807, 2.05) is 39.8 Å². The van der Waals surface area contributed by atoms with Crippen LogP contribution < -0.4 is 5.66 Å². The third-order valence-corrected chi connectivity index (χ3v) is 3.99. The summed E-state index contributed by atoms with van der Waals surface area (Å²) in [5, 5.41) is 0. The first-order valence-corrected chi connectivity index (χ1v) is 6.57. The standard InChI is InChI=1S/C13H19BO5/c1-12(2)13(3,4)19-14(18-12)10-6-5-9(17-10)11-15-7-8-16-11/h5-6,11H,7-8H2,1-4H3. The molecule has 0 aromatic carbocycles. The Morgan fingerprint density at radius 1 is 1.00 bits per heavy atom. The van der Waals surface area contributed by atoms with Crippen LogP contribution in [0.3, 0.4) is 0 Å². The molecule has 0 atom stereocenters. The zero-order valence-corrected chi connectivity index (χ0v) is 11.8. The molecule has 0 aliphatic carbocycles. The molecular weight excluding hydrogens is 247 g/mol. The van der Waals surface area contributed by atoms with Gasteiger partial charge in [-0.2, -0.15) is 0 Å². The SMILES string of the molecule is CC1(C)OB(c2ccc(C3OCCO3)o2)OC1(C)C. The fraction of sp³-hybridized carbons (Fsp3) is 0.692. The topological polar surface area (TPSA) is 50.1 Å². The highest BCUT2D eigenvalue weighted by molar-refractivity contribution is 6.60. The van der Waals surface area contributed by atoms with Gasteiger partial charge >= 0.3 is 7.12 Å². The zero-order valence-electron chi connectivity index (χ0n) is 11.8. The molecule has 19 heavy (non-hydrogen) atoms. The van der Waals surface area contributed by atoms with E-state index in [0.29, 0.717) is 24.6 Å². The van der Waals surface area contributed by atoms with E-state index in [4.69, 9.17) is 23.2 Å². The molecule has 0 spiro atoms. The Hall–Kier alpha value is -0.815. The van der Waals surface area contributed by atoms with Crippen LogP contribution in [-0.2, 0) is 18.8 Å². The van der Waals surface area contributed by atoms with Gasteiger partial charge in [0.1, 0.15) is 5.66 Å². The highest BCUT2D eigenvalue weighted by Gasteiger charge is 2.53. The van der Waals surface area contributed by atoms with Crippen molar-refractivity contribution in [1.82, 2.24) is 0 Å². The Labute approximate surface area is 113 Å². The van der Waals surface area contributed by atoms with Crippen molar-refractivity contribution in [3.8, 4) is 0 Å². The van der Waals surface area contributed by atoms with E-state index in [0.717, 1.165) is 0 Å². The maximum atomic E-state index is 5.93. The van der Waals surface area contributed by atoms with Gasteiger partial charge < -0.3 is 23.2 Å². The van der Waals surface area contributed by atoms with E-state index >= 15 is 0 Å². The van der Waals surface area contributed by atoms with Crippen LogP contribution in [0.5, 0.6) is 0 Å². The lowest BCUT2D eigenvalue weighted by Crippen LogP contribution is -2.41. The minimum absolute atomic E-state index is 0.370.